The summed E-state index contributed by atoms with van der Waals surface area (Å²) in [6, 6.07) is 0. The summed E-state index contributed by atoms with van der Waals surface area (Å²) in [4.78, 5) is 0. The van der Waals surface area contributed by atoms with Gasteiger partial charge in [-0.1, -0.05) is 19.0 Å². The molecule has 1 aromatic heterocycles. The van der Waals surface area contributed by atoms with Gasteiger partial charge in [-0.25, -0.2) is 8.78 Å². The van der Waals surface area contributed by atoms with Crippen molar-refractivity contribution in [2.24, 2.45) is 10.9 Å². The Labute approximate surface area is 109 Å². The maximum atomic E-state index is 12.2. The average molecular weight is 274 g/mol. The van der Waals surface area contributed by atoms with E-state index in [0.29, 0.717) is 24.1 Å². The minimum atomic E-state index is -2.64. The van der Waals surface area contributed by atoms with Gasteiger partial charge in [-0.3, -0.25) is 0 Å². The first-order valence-electron chi connectivity index (χ1n) is 5.82. The van der Waals surface area contributed by atoms with Crippen molar-refractivity contribution in [3.63, 3.8) is 0 Å². The van der Waals surface area contributed by atoms with Gasteiger partial charge in [0.15, 0.2) is 12.4 Å². The zero-order valence-corrected chi connectivity index (χ0v) is 10.7. The summed E-state index contributed by atoms with van der Waals surface area (Å²) in [6.07, 6.45) is -1.51. The van der Waals surface area contributed by atoms with Gasteiger partial charge in [0.1, 0.15) is 0 Å². The Balaban J connectivity index is 3.30. The predicted molar refractivity (Wildman–Crippen MR) is 64.8 cm³/mol. The fraction of sp³-hybridized carbons (Fsp3) is 0.545. The highest BCUT2D eigenvalue weighted by Crippen LogP contribution is 2.23. The fourth-order valence-corrected chi connectivity index (χ4v) is 1.71. The van der Waals surface area contributed by atoms with Gasteiger partial charge in [-0.05, 0) is 18.4 Å². The Hall–Kier alpha value is -1.99. The molecule has 0 aromatic carbocycles. The van der Waals surface area contributed by atoms with Gasteiger partial charge in [-0.15, -0.1) is 5.10 Å². The van der Waals surface area contributed by atoms with E-state index in [2.05, 4.69) is 15.4 Å². The van der Waals surface area contributed by atoms with E-state index in [-0.39, 0.29) is 17.3 Å². The first-order chi connectivity index (χ1) is 9.04. The molecule has 1 aromatic rings. The molecule has 1 heterocycles. The van der Waals surface area contributed by atoms with Gasteiger partial charge < -0.3 is 15.7 Å². The van der Waals surface area contributed by atoms with Crippen molar-refractivity contribution < 1.29 is 18.7 Å². The molecule has 0 aliphatic heterocycles. The average Bonchev–Trinajstić information content (AvgIpc) is 2.42. The number of ether oxygens (including phenoxy) is 1. The van der Waals surface area contributed by atoms with Crippen molar-refractivity contribution in [1.29, 1.82) is 0 Å². The topological polar surface area (TPSA) is 93.6 Å². The third kappa shape index (κ3) is 3.49. The van der Waals surface area contributed by atoms with Gasteiger partial charge >= 0.3 is 0 Å². The monoisotopic (exact) mass is 274 g/mol. The van der Waals surface area contributed by atoms with Crippen LogP contribution >= 0.6 is 0 Å². The number of hydrogen-bond acceptors (Lipinski definition) is 5. The Kier molecular flexibility index (Phi) is 5.40. The van der Waals surface area contributed by atoms with Crippen molar-refractivity contribution in [3.8, 4) is 5.88 Å². The Morgan fingerprint density at radius 1 is 1.37 bits per heavy atom. The van der Waals surface area contributed by atoms with Gasteiger partial charge in [0.2, 0.25) is 5.88 Å². The summed E-state index contributed by atoms with van der Waals surface area (Å²) in [5, 5.41) is 19.3. The second-order valence-electron chi connectivity index (χ2n) is 3.70. The molecule has 0 aliphatic carbocycles. The molecule has 0 fully saturated rings. The summed E-state index contributed by atoms with van der Waals surface area (Å²) in [6.45, 7) is 2.90. The van der Waals surface area contributed by atoms with E-state index in [1.165, 1.54) is 0 Å². The van der Waals surface area contributed by atoms with Crippen molar-refractivity contribution in [3.05, 3.63) is 16.8 Å². The van der Waals surface area contributed by atoms with E-state index in [1.807, 2.05) is 13.8 Å². The van der Waals surface area contributed by atoms with E-state index in [0.717, 1.165) is 0 Å². The van der Waals surface area contributed by atoms with Crippen LogP contribution in [0.25, 0.3) is 0 Å². The Morgan fingerprint density at radius 3 is 2.53 bits per heavy atom. The van der Waals surface area contributed by atoms with E-state index >= 15 is 0 Å². The third-order valence-corrected chi connectivity index (χ3v) is 2.52. The summed E-state index contributed by atoms with van der Waals surface area (Å²) < 4.78 is 29.2. The lowest BCUT2D eigenvalue weighted by molar-refractivity contribution is 0.0788. The number of nitrogens with two attached hydrogens (primary N) is 1. The zero-order chi connectivity index (χ0) is 14.4. The van der Waals surface area contributed by atoms with E-state index in [1.54, 1.807) is 0 Å². The molecule has 0 unspecified atom stereocenters. The van der Waals surface area contributed by atoms with Crippen molar-refractivity contribution >= 4 is 5.84 Å². The normalized spacial score (nSPS) is 11.9. The molecule has 6 nitrogen and oxygen atoms in total. The number of alkyl halides is 2. The van der Waals surface area contributed by atoms with Gasteiger partial charge in [0.05, 0.1) is 11.3 Å². The van der Waals surface area contributed by atoms with Crippen LogP contribution in [-0.4, -0.2) is 34.3 Å². The molecule has 0 saturated carbocycles. The maximum absolute atomic E-state index is 12.2. The van der Waals surface area contributed by atoms with Crippen molar-refractivity contribution in [2.75, 3.05) is 6.61 Å². The number of nitrogens with zero attached hydrogens (tertiary/aromatic N) is 3. The molecule has 1 rings (SSSR count). The summed E-state index contributed by atoms with van der Waals surface area (Å²) in [5.74, 6) is -0.379. The molecule has 19 heavy (non-hydrogen) atoms. The third-order valence-electron chi connectivity index (χ3n) is 2.52. The standard InChI is InChI=1S/C11H16F2N4O2/c1-3-6-7(4-2)15-16-11(19-5-8(12)13)9(6)10(14)17-18/h8,18H,3-5H2,1-2H3,(H2,14,17). The van der Waals surface area contributed by atoms with Crippen LogP contribution in [0.4, 0.5) is 8.78 Å². The number of rotatable bonds is 6. The lowest BCUT2D eigenvalue weighted by Gasteiger charge is -2.14. The van der Waals surface area contributed by atoms with E-state index in [9.17, 15) is 8.78 Å². The molecule has 0 radical (unpaired) electrons. The van der Waals surface area contributed by atoms with Crippen LogP contribution in [0.15, 0.2) is 5.16 Å². The molecule has 0 aliphatic rings. The van der Waals surface area contributed by atoms with E-state index < -0.39 is 13.0 Å². The van der Waals surface area contributed by atoms with Gasteiger partial charge in [-0.2, -0.15) is 5.10 Å². The second kappa shape index (κ2) is 6.81. The van der Waals surface area contributed by atoms with Crippen molar-refractivity contribution in [1.82, 2.24) is 10.2 Å². The molecule has 0 bridgehead atoms. The molecule has 0 saturated heterocycles. The molecular weight excluding hydrogens is 258 g/mol. The van der Waals surface area contributed by atoms with Crippen LogP contribution in [-0.2, 0) is 12.8 Å². The lowest BCUT2D eigenvalue weighted by atomic mass is 10.0. The minimum Gasteiger partial charge on any atom is -0.470 e. The first-order valence-corrected chi connectivity index (χ1v) is 5.82. The number of hydrogen-bond donors (Lipinski definition) is 2. The zero-order valence-electron chi connectivity index (χ0n) is 10.7. The lowest BCUT2D eigenvalue weighted by Crippen LogP contribution is -2.21. The van der Waals surface area contributed by atoms with Crippen LogP contribution in [0.5, 0.6) is 5.88 Å². The fourth-order valence-electron chi connectivity index (χ4n) is 1.71. The largest absolute Gasteiger partial charge is 0.470 e. The molecule has 106 valence electrons. The molecule has 0 amide bonds. The Bertz CT molecular complexity index is 466. The second-order valence-corrected chi connectivity index (χ2v) is 3.70. The maximum Gasteiger partial charge on any atom is 0.272 e. The summed E-state index contributed by atoms with van der Waals surface area (Å²) in [7, 11) is 0. The molecule has 0 atom stereocenters. The predicted octanol–water partition coefficient (Wildman–Crippen LogP) is 1.34. The molecule has 3 N–H and O–H groups in total. The smallest absolute Gasteiger partial charge is 0.272 e. The van der Waals surface area contributed by atoms with Crippen LogP contribution < -0.4 is 10.5 Å². The number of aromatic nitrogens is 2. The molecule has 0 spiro atoms. The number of amidine groups is 1. The highest BCUT2D eigenvalue weighted by molar-refractivity contribution is 6.00. The highest BCUT2D eigenvalue weighted by Gasteiger charge is 2.20. The highest BCUT2D eigenvalue weighted by atomic mass is 19.3. The van der Waals surface area contributed by atoms with E-state index in [4.69, 9.17) is 15.7 Å². The first kappa shape index (κ1) is 15.1. The van der Waals surface area contributed by atoms with Crippen molar-refractivity contribution in [2.45, 2.75) is 33.1 Å². The number of halogens is 2. The van der Waals surface area contributed by atoms with Crippen LogP contribution in [0, 0.1) is 0 Å². The Morgan fingerprint density at radius 2 is 2.05 bits per heavy atom. The summed E-state index contributed by atoms with van der Waals surface area (Å²) >= 11 is 0. The number of oxime groups is 1. The molecular formula is C11H16F2N4O2. The quantitative estimate of drug-likeness (QED) is 0.353. The minimum absolute atomic E-state index is 0.148. The van der Waals surface area contributed by atoms with Gasteiger partial charge in [0, 0.05) is 0 Å². The SMILES string of the molecule is CCc1nnc(OCC(F)F)c(C(N)=NO)c1CC. The summed E-state index contributed by atoms with van der Waals surface area (Å²) in [5.41, 5.74) is 7.12. The van der Waals surface area contributed by atoms with Gasteiger partial charge in [0.25, 0.3) is 6.43 Å². The van der Waals surface area contributed by atoms with Crippen LogP contribution in [0.3, 0.4) is 0 Å². The number of aryl methyl sites for hydroxylation is 1. The molecule has 8 heteroatoms. The van der Waals surface area contributed by atoms with Crippen LogP contribution in [0.2, 0.25) is 0 Å². The van der Waals surface area contributed by atoms with Crippen LogP contribution in [0.1, 0.15) is 30.7 Å².